The average molecular weight is 909 g/mol. The number of esters is 3. The summed E-state index contributed by atoms with van der Waals surface area (Å²) in [5, 5.41) is 0. The second kappa shape index (κ2) is 53.7. The zero-order valence-corrected chi connectivity index (χ0v) is 43.0. The Bertz CT molecular complexity index is 1180. The molecule has 0 aromatic heterocycles. The molecule has 0 rings (SSSR count). The third kappa shape index (κ3) is 51.9. The highest BCUT2D eigenvalue weighted by atomic mass is 16.6. The molecule has 65 heavy (non-hydrogen) atoms. The fourth-order valence-electron chi connectivity index (χ4n) is 7.73. The molecule has 0 unspecified atom stereocenters. The van der Waals surface area contributed by atoms with Crippen molar-refractivity contribution in [1.82, 2.24) is 0 Å². The average Bonchev–Trinajstić information content (AvgIpc) is 3.30. The van der Waals surface area contributed by atoms with Crippen molar-refractivity contribution in [2.75, 3.05) is 13.2 Å². The van der Waals surface area contributed by atoms with Gasteiger partial charge in [0.2, 0.25) is 0 Å². The molecule has 0 bridgehead atoms. The van der Waals surface area contributed by atoms with Crippen LogP contribution < -0.4 is 0 Å². The van der Waals surface area contributed by atoms with Gasteiger partial charge in [-0.3, -0.25) is 14.4 Å². The van der Waals surface area contributed by atoms with Gasteiger partial charge in [-0.05, 0) is 109 Å². The van der Waals surface area contributed by atoms with Gasteiger partial charge in [-0.1, -0.05) is 210 Å². The summed E-state index contributed by atoms with van der Waals surface area (Å²) in [4.78, 5) is 38.1. The molecule has 0 saturated heterocycles. The maximum absolute atomic E-state index is 12.8. The van der Waals surface area contributed by atoms with E-state index in [-0.39, 0.29) is 31.1 Å². The summed E-state index contributed by atoms with van der Waals surface area (Å²) in [6.07, 6.45) is 66.3. The Balaban J connectivity index is 4.39. The molecule has 0 aliphatic heterocycles. The minimum Gasteiger partial charge on any atom is -0.462 e. The molecule has 0 aliphatic carbocycles. The minimum absolute atomic E-state index is 0.0857. The number of allylic oxidation sites excluding steroid dienone is 10. The van der Waals surface area contributed by atoms with Crippen molar-refractivity contribution in [3.63, 3.8) is 0 Å². The van der Waals surface area contributed by atoms with Gasteiger partial charge in [-0.15, -0.1) is 0 Å². The van der Waals surface area contributed by atoms with E-state index >= 15 is 0 Å². The van der Waals surface area contributed by atoms with Gasteiger partial charge in [0.05, 0.1) is 0 Å². The van der Waals surface area contributed by atoms with Crippen LogP contribution >= 0.6 is 0 Å². The van der Waals surface area contributed by atoms with Crippen LogP contribution in [-0.2, 0) is 28.6 Å². The fourth-order valence-corrected chi connectivity index (χ4v) is 7.73. The molecular formula is C59H104O6. The molecule has 6 nitrogen and oxygen atoms in total. The first kappa shape index (κ1) is 62.1. The number of hydrogen-bond acceptors (Lipinski definition) is 6. The predicted octanol–water partition coefficient (Wildman–Crippen LogP) is 18.4. The van der Waals surface area contributed by atoms with Gasteiger partial charge in [0.15, 0.2) is 6.10 Å². The molecule has 0 radical (unpaired) electrons. The highest BCUT2D eigenvalue weighted by Crippen LogP contribution is 2.14. The lowest BCUT2D eigenvalue weighted by Crippen LogP contribution is -2.30. The molecule has 0 heterocycles. The van der Waals surface area contributed by atoms with E-state index < -0.39 is 6.10 Å². The van der Waals surface area contributed by atoms with Crippen molar-refractivity contribution in [2.45, 2.75) is 284 Å². The normalized spacial score (nSPS) is 12.5. The third-order valence-corrected chi connectivity index (χ3v) is 12.0. The Hall–Kier alpha value is -2.89. The van der Waals surface area contributed by atoms with Crippen LogP contribution in [0.1, 0.15) is 278 Å². The summed E-state index contributed by atoms with van der Waals surface area (Å²) < 4.78 is 16.8. The van der Waals surface area contributed by atoms with E-state index in [1.165, 1.54) is 141 Å². The maximum atomic E-state index is 12.8. The second-order valence-corrected chi connectivity index (χ2v) is 18.5. The molecule has 0 aromatic rings. The van der Waals surface area contributed by atoms with E-state index in [9.17, 15) is 14.4 Å². The standard InChI is InChI=1S/C59H104O6/c1-4-7-10-13-16-19-22-25-27-29-30-31-33-34-37-40-43-46-49-52-58(61)64-55-56(54-63-57(60)51-48-45-42-39-36-24-21-18-15-12-9-6-3)65-59(62)53-50-47-44-41-38-35-32-28-26-23-20-17-14-11-8-5-2/h16,18-19,21,25,27-28,30-32,56H,4-15,17,20,22-24,26,29,33-55H2,1-3H3/b19-16-,21-18-,27-25-,31-30-,32-28-/t56-/m1/s1. The lowest BCUT2D eigenvalue weighted by atomic mass is 10.1. The van der Waals surface area contributed by atoms with Crippen LogP contribution in [0.2, 0.25) is 0 Å². The molecule has 6 heteroatoms. The van der Waals surface area contributed by atoms with E-state index in [2.05, 4.69) is 81.5 Å². The highest BCUT2D eigenvalue weighted by molar-refractivity contribution is 5.71. The van der Waals surface area contributed by atoms with Crippen LogP contribution in [0.3, 0.4) is 0 Å². The monoisotopic (exact) mass is 909 g/mol. The van der Waals surface area contributed by atoms with Crippen LogP contribution in [0.25, 0.3) is 0 Å². The summed E-state index contributed by atoms with van der Waals surface area (Å²) in [6.45, 7) is 6.57. The van der Waals surface area contributed by atoms with Crippen LogP contribution in [0.4, 0.5) is 0 Å². The van der Waals surface area contributed by atoms with Gasteiger partial charge < -0.3 is 14.2 Å². The van der Waals surface area contributed by atoms with Crippen molar-refractivity contribution < 1.29 is 28.6 Å². The molecule has 376 valence electrons. The van der Waals surface area contributed by atoms with Crippen LogP contribution in [-0.4, -0.2) is 37.2 Å². The SMILES string of the molecule is CCCCC/C=C\C/C=C\C/C=C\CCCCCCCCC(=O)OC[C@@H](COC(=O)CCCCCCC/C=C\CCCCC)OC(=O)CCCCCCC/C=C\CCCCCCCCC. The molecule has 0 saturated carbocycles. The number of rotatable bonds is 50. The second-order valence-electron chi connectivity index (χ2n) is 18.5. The van der Waals surface area contributed by atoms with Crippen LogP contribution in [0.5, 0.6) is 0 Å². The summed E-state index contributed by atoms with van der Waals surface area (Å²) in [5.41, 5.74) is 0. The van der Waals surface area contributed by atoms with Crippen molar-refractivity contribution in [3.05, 3.63) is 60.8 Å². The Morgan fingerprint density at radius 2 is 0.554 bits per heavy atom. The van der Waals surface area contributed by atoms with E-state index in [1.54, 1.807) is 0 Å². The van der Waals surface area contributed by atoms with Crippen molar-refractivity contribution in [3.8, 4) is 0 Å². The number of ether oxygens (including phenoxy) is 3. The lowest BCUT2D eigenvalue weighted by Gasteiger charge is -2.18. The molecule has 0 N–H and O–H groups in total. The first-order chi connectivity index (χ1) is 32.0. The van der Waals surface area contributed by atoms with Gasteiger partial charge in [-0.2, -0.15) is 0 Å². The van der Waals surface area contributed by atoms with Gasteiger partial charge in [0.1, 0.15) is 13.2 Å². The maximum Gasteiger partial charge on any atom is 0.306 e. The van der Waals surface area contributed by atoms with Crippen molar-refractivity contribution in [1.29, 1.82) is 0 Å². The first-order valence-corrected chi connectivity index (χ1v) is 27.8. The summed E-state index contributed by atoms with van der Waals surface area (Å²) in [6, 6.07) is 0. The number of carbonyl (C=O) groups excluding carboxylic acids is 3. The van der Waals surface area contributed by atoms with E-state index in [0.29, 0.717) is 19.3 Å². The Kier molecular flexibility index (Phi) is 51.3. The Morgan fingerprint density at radius 1 is 0.308 bits per heavy atom. The molecule has 0 aromatic carbocycles. The van der Waals surface area contributed by atoms with Gasteiger partial charge in [0, 0.05) is 19.3 Å². The van der Waals surface area contributed by atoms with Crippen LogP contribution in [0.15, 0.2) is 60.8 Å². The largest absolute Gasteiger partial charge is 0.462 e. The zero-order chi connectivity index (χ0) is 47.2. The zero-order valence-electron chi connectivity index (χ0n) is 43.0. The summed E-state index contributed by atoms with van der Waals surface area (Å²) in [5.74, 6) is -0.908. The molecule has 0 spiro atoms. The topological polar surface area (TPSA) is 78.9 Å². The summed E-state index contributed by atoms with van der Waals surface area (Å²) in [7, 11) is 0. The minimum atomic E-state index is -0.786. The number of hydrogen-bond donors (Lipinski definition) is 0. The molecule has 0 fully saturated rings. The summed E-state index contributed by atoms with van der Waals surface area (Å²) >= 11 is 0. The van der Waals surface area contributed by atoms with E-state index in [4.69, 9.17) is 14.2 Å². The Labute approximate surface area is 402 Å². The molecule has 0 aliphatic rings. The highest BCUT2D eigenvalue weighted by Gasteiger charge is 2.19. The van der Waals surface area contributed by atoms with E-state index in [0.717, 1.165) is 96.3 Å². The number of carbonyl (C=O) groups is 3. The van der Waals surface area contributed by atoms with Gasteiger partial charge in [-0.25, -0.2) is 0 Å². The quantitative estimate of drug-likeness (QED) is 0.0262. The number of unbranched alkanes of at least 4 members (excludes halogenated alkanes) is 29. The van der Waals surface area contributed by atoms with Crippen LogP contribution in [0, 0.1) is 0 Å². The molecular weight excluding hydrogens is 805 g/mol. The first-order valence-electron chi connectivity index (χ1n) is 27.8. The van der Waals surface area contributed by atoms with E-state index in [1.807, 2.05) is 0 Å². The predicted molar refractivity (Wildman–Crippen MR) is 279 cm³/mol. The fraction of sp³-hybridized carbons (Fsp3) is 0.780. The third-order valence-electron chi connectivity index (χ3n) is 12.0. The van der Waals surface area contributed by atoms with Crippen molar-refractivity contribution >= 4 is 17.9 Å². The van der Waals surface area contributed by atoms with Gasteiger partial charge >= 0.3 is 17.9 Å². The smallest absolute Gasteiger partial charge is 0.306 e. The van der Waals surface area contributed by atoms with Gasteiger partial charge in [0.25, 0.3) is 0 Å². The molecule has 0 amide bonds. The Morgan fingerprint density at radius 3 is 0.908 bits per heavy atom. The van der Waals surface area contributed by atoms with Crippen molar-refractivity contribution in [2.24, 2.45) is 0 Å². The lowest BCUT2D eigenvalue weighted by molar-refractivity contribution is -0.167. The molecule has 1 atom stereocenters.